The number of nitrogens with zero attached hydrogens (tertiary/aromatic N) is 2. The van der Waals surface area contributed by atoms with E-state index in [0.717, 1.165) is 41.8 Å². The van der Waals surface area contributed by atoms with E-state index in [0.29, 0.717) is 6.54 Å². The first-order chi connectivity index (χ1) is 17.2. The van der Waals surface area contributed by atoms with Gasteiger partial charge in [0.05, 0.1) is 6.04 Å². The number of amides is 1. The lowest BCUT2D eigenvalue weighted by molar-refractivity contribution is -0.144. The fourth-order valence-corrected chi connectivity index (χ4v) is 5.02. The van der Waals surface area contributed by atoms with Crippen molar-refractivity contribution < 1.29 is 9.18 Å². The van der Waals surface area contributed by atoms with E-state index in [1.165, 1.54) is 12.1 Å². The highest BCUT2D eigenvalue weighted by Gasteiger charge is 2.39. The minimum Gasteiger partial charge on any atom is -0.329 e. The molecule has 176 valence electrons. The van der Waals surface area contributed by atoms with Gasteiger partial charge in [-0.1, -0.05) is 103 Å². The van der Waals surface area contributed by atoms with E-state index in [1.54, 1.807) is 0 Å². The van der Waals surface area contributed by atoms with Gasteiger partial charge in [-0.15, -0.1) is 0 Å². The van der Waals surface area contributed by atoms with Crippen LogP contribution in [-0.4, -0.2) is 35.3 Å². The molecular weight excluding hydrogens is 435 g/mol. The van der Waals surface area contributed by atoms with Crippen LogP contribution in [0, 0.1) is 5.82 Å². The van der Waals surface area contributed by atoms with E-state index in [9.17, 15) is 9.18 Å². The number of hydrogen-bond acceptors (Lipinski definition) is 2. The molecule has 0 aromatic heterocycles. The Labute approximate surface area is 206 Å². The van der Waals surface area contributed by atoms with Crippen molar-refractivity contribution in [2.45, 2.75) is 18.5 Å². The summed E-state index contributed by atoms with van der Waals surface area (Å²) < 4.78 is 13.4. The lowest BCUT2D eigenvalue weighted by Crippen LogP contribution is -2.53. The van der Waals surface area contributed by atoms with Crippen LogP contribution in [-0.2, 0) is 11.2 Å². The molecule has 4 aromatic carbocycles. The summed E-state index contributed by atoms with van der Waals surface area (Å²) in [4.78, 5) is 18.5. The second-order valence-corrected chi connectivity index (χ2v) is 8.98. The van der Waals surface area contributed by atoms with E-state index in [-0.39, 0.29) is 23.8 Å². The van der Waals surface area contributed by atoms with E-state index in [4.69, 9.17) is 0 Å². The molecule has 4 heteroatoms. The molecule has 0 bridgehead atoms. The van der Waals surface area contributed by atoms with Crippen LogP contribution in [0.2, 0.25) is 0 Å². The second kappa shape index (κ2) is 10.7. The topological polar surface area (TPSA) is 23.6 Å². The minimum absolute atomic E-state index is 0.110. The first-order valence-electron chi connectivity index (χ1n) is 12.1. The van der Waals surface area contributed by atoms with Gasteiger partial charge in [0.1, 0.15) is 11.9 Å². The minimum atomic E-state index is -0.361. The summed E-state index contributed by atoms with van der Waals surface area (Å²) in [5, 5.41) is 0. The highest BCUT2D eigenvalue weighted by atomic mass is 19.1. The van der Waals surface area contributed by atoms with Crippen LogP contribution in [0.3, 0.4) is 0 Å². The average molecular weight is 465 g/mol. The van der Waals surface area contributed by atoms with Gasteiger partial charge >= 0.3 is 0 Å². The molecule has 1 saturated heterocycles. The van der Waals surface area contributed by atoms with Gasteiger partial charge in [-0.3, -0.25) is 9.69 Å². The number of hydrogen-bond donors (Lipinski definition) is 0. The third-order valence-electron chi connectivity index (χ3n) is 6.77. The standard InChI is InChI=1S/C31H29FN2O/c32-28-18-16-24(17-19-28)20-21-33-22-23-34(31(35)30(33)27-14-8-3-9-15-27)29(25-10-4-1-5-11-25)26-12-6-2-7-13-26/h1-19,29-30H,20-23H2. The van der Waals surface area contributed by atoms with Gasteiger partial charge in [0.15, 0.2) is 0 Å². The molecule has 1 aliphatic heterocycles. The number of benzene rings is 4. The summed E-state index contributed by atoms with van der Waals surface area (Å²) in [5.41, 5.74) is 4.29. The predicted octanol–water partition coefficient (Wildman–Crippen LogP) is 6.04. The summed E-state index contributed by atoms with van der Waals surface area (Å²) in [5.74, 6) is -0.119. The maximum absolute atomic E-state index is 14.2. The van der Waals surface area contributed by atoms with E-state index < -0.39 is 0 Å². The highest BCUT2D eigenvalue weighted by molar-refractivity contribution is 5.85. The van der Waals surface area contributed by atoms with Crippen molar-refractivity contribution in [3.8, 4) is 0 Å². The van der Waals surface area contributed by atoms with Crippen LogP contribution in [0.1, 0.15) is 34.3 Å². The van der Waals surface area contributed by atoms with E-state index >= 15 is 0 Å². The zero-order valence-electron chi connectivity index (χ0n) is 19.6. The summed E-state index contributed by atoms with van der Waals surface area (Å²) in [6.45, 7) is 2.13. The molecular formula is C31H29FN2O. The summed E-state index contributed by atoms with van der Waals surface area (Å²) in [6.07, 6.45) is 0.762. The zero-order chi connectivity index (χ0) is 24.0. The molecule has 1 fully saturated rings. The quantitative estimate of drug-likeness (QED) is 0.333. The normalized spacial score (nSPS) is 16.6. The number of piperazine rings is 1. The summed E-state index contributed by atoms with van der Waals surface area (Å²) in [6, 6.07) is 36.7. The van der Waals surface area contributed by atoms with Crippen molar-refractivity contribution in [1.82, 2.24) is 9.80 Å². The molecule has 1 amide bonds. The molecule has 0 saturated carbocycles. The van der Waals surface area contributed by atoms with Crippen LogP contribution in [0.25, 0.3) is 0 Å². The Bertz CT molecular complexity index is 1190. The third kappa shape index (κ3) is 5.18. The molecule has 1 atom stereocenters. The average Bonchev–Trinajstić information content (AvgIpc) is 2.91. The largest absolute Gasteiger partial charge is 0.329 e. The van der Waals surface area contributed by atoms with Gasteiger partial charge in [0, 0.05) is 19.6 Å². The Morgan fingerprint density at radius 2 is 1.26 bits per heavy atom. The molecule has 0 radical (unpaired) electrons. The van der Waals surface area contributed by atoms with Crippen LogP contribution in [0.5, 0.6) is 0 Å². The SMILES string of the molecule is O=C1C(c2ccccc2)N(CCc2ccc(F)cc2)CCN1C(c1ccccc1)c1ccccc1. The Kier molecular flexibility index (Phi) is 7.01. The molecule has 1 unspecified atom stereocenters. The van der Waals surface area contributed by atoms with Crippen molar-refractivity contribution in [3.05, 3.63) is 143 Å². The van der Waals surface area contributed by atoms with Crippen LogP contribution < -0.4 is 0 Å². The summed E-state index contributed by atoms with van der Waals surface area (Å²) >= 11 is 0. The van der Waals surface area contributed by atoms with E-state index in [1.807, 2.05) is 83.8 Å². The second-order valence-electron chi connectivity index (χ2n) is 8.98. The Balaban J connectivity index is 1.46. The van der Waals surface area contributed by atoms with Gasteiger partial charge in [0.25, 0.3) is 0 Å². The maximum Gasteiger partial charge on any atom is 0.245 e. The maximum atomic E-state index is 14.2. The molecule has 5 rings (SSSR count). The fourth-order valence-electron chi connectivity index (χ4n) is 5.02. The molecule has 1 heterocycles. The van der Waals surface area contributed by atoms with Crippen molar-refractivity contribution in [1.29, 1.82) is 0 Å². The molecule has 0 aliphatic carbocycles. The number of carbonyl (C=O) groups is 1. The van der Waals surface area contributed by atoms with Crippen molar-refractivity contribution >= 4 is 5.91 Å². The predicted molar refractivity (Wildman–Crippen MR) is 137 cm³/mol. The van der Waals surface area contributed by atoms with Gasteiger partial charge in [-0.25, -0.2) is 4.39 Å². The highest BCUT2D eigenvalue weighted by Crippen LogP contribution is 2.35. The molecule has 0 spiro atoms. The third-order valence-corrected chi connectivity index (χ3v) is 6.77. The lowest BCUT2D eigenvalue weighted by atomic mass is 9.93. The number of rotatable bonds is 7. The molecule has 1 aliphatic rings. The monoisotopic (exact) mass is 464 g/mol. The van der Waals surface area contributed by atoms with Crippen LogP contribution in [0.15, 0.2) is 115 Å². The Morgan fingerprint density at radius 1 is 0.714 bits per heavy atom. The van der Waals surface area contributed by atoms with Crippen molar-refractivity contribution in [2.24, 2.45) is 0 Å². The molecule has 35 heavy (non-hydrogen) atoms. The van der Waals surface area contributed by atoms with E-state index in [2.05, 4.69) is 29.2 Å². The van der Waals surface area contributed by atoms with Gasteiger partial charge in [-0.2, -0.15) is 0 Å². The Morgan fingerprint density at radius 3 is 1.83 bits per heavy atom. The van der Waals surface area contributed by atoms with Gasteiger partial charge < -0.3 is 4.90 Å². The van der Waals surface area contributed by atoms with Gasteiger partial charge in [-0.05, 0) is 40.8 Å². The Hall–Kier alpha value is -3.76. The van der Waals surface area contributed by atoms with Crippen molar-refractivity contribution in [3.63, 3.8) is 0 Å². The van der Waals surface area contributed by atoms with Crippen LogP contribution in [0.4, 0.5) is 4.39 Å². The molecule has 4 aromatic rings. The number of halogens is 1. The number of carbonyl (C=O) groups excluding carboxylic acids is 1. The van der Waals surface area contributed by atoms with Crippen LogP contribution >= 0.6 is 0 Å². The molecule has 0 N–H and O–H groups in total. The lowest BCUT2D eigenvalue weighted by Gasteiger charge is -2.44. The zero-order valence-corrected chi connectivity index (χ0v) is 19.6. The van der Waals surface area contributed by atoms with Crippen molar-refractivity contribution in [2.75, 3.05) is 19.6 Å². The summed E-state index contributed by atoms with van der Waals surface area (Å²) in [7, 11) is 0. The van der Waals surface area contributed by atoms with Gasteiger partial charge in [0.2, 0.25) is 5.91 Å². The first-order valence-corrected chi connectivity index (χ1v) is 12.1. The molecule has 3 nitrogen and oxygen atoms in total. The fraction of sp³-hybridized carbons (Fsp3) is 0.194. The smallest absolute Gasteiger partial charge is 0.245 e. The first kappa shape index (κ1) is 23.0.